The van der Waals surface area contributed by atoms with Gasteiger partial charge in [-0.15, -0.1) is 0 Å². The molecule has 1 aliphatic carbocycles. The van der Waals surface area contributed by atoms with Crippen molar-refractivity contribution in [1.29, 1.82) is 0 Å². The molecule has 0 saturated heterocycles. The average Bonchev–Trinajstić information content (AvgIpc) is 3.21. The molecule has 2 aromatic heterocycles. The predicted molar refractivity (Wildman–Crippen MR) is 76.7 cm³/mol. The highest BCUT2D eigenvalue weighted by atomic mass is 16.2. The molecule has 0 radical (unpaired) electrons. The van der Waals surface area contributed by atoms with E-state index < -0.39 is 0 Å². The molecule has 0 bridgehead atoms. The molecule has 2 heterocycles. The Kier molecular flexibility index (Phi) is 3.81. The van der Waals surface area contributed by atoms with Crippen molar-refractivity contribution in [2.75, 3.05) is 0 Å². The predicted octanol–water partition coefficient (Wildman–Crippen LogP) is 1.26. The normalized spacial score (nSPS) is 15.5. The van der Waals surface area contributed by atoms with Crippen LogP contribution in [0.25, 0.3) is 5.82 Å². The highest BCUT2D eigenvalue weighted by Crippen LogP contribution is 2.32. The summed E-state index contributed by atoms with van der Waals surface area (Å²) in [7, 11) is 0. The number of rotatable bonds is 5. The van der Waals surface area contributed by atoms with E-state index in [4.69, 9.17) is 0 Å². The average molecular weight is 286 g/mol. The number of hydrogen-bond donors (Lipinski definition) is 2. The Morgan fingerprint density at radius 2 is 2.38 bits per heavy atom. The van der Waals surface area contributed by atoms with Crippen LogP contribution in [0.15, 0.2) is 31.0 Å². The van der Waals surface area contributed by atoms with Gasteiger partial charge in [0.05, 0.1) is 0 Å². The van der Waals surface area contributed by atoms with Gasteiger partial charge < -0.3 is 10.6 Å². The third-order valence-corrected chi connectivity index (χ3v) is 3.63. The van der Waals surface area contributed by atoms with E-state index in [1.54, 1.807) is 17.2 Å². The number of hydrogen-bond acceptors (Lipinski definition) is 4. The van der Waals surface area contributed by atoms with Gasteiger partial charge in [-0.3, -0.25) is 0 Å². The minimum atomic E-state index is -0.150. The molecule has 1 atom stereocenters. The Morgan fingerprint density at radius 3 is 3.10 bits per heavy atom. The van der Waals surface area contributed by atoms with Crippen LogP contribution in [0.2, 0.25) is 0 Å². The largest absolute Gasteiger partial charge is 0.335 e. The van der Waals surface area contributed by atoms with E-state index in [2.05, 4.69) is 25.7 Å². The zero-order chi connectivity index (χ0) is 14.7. The Hall–Kier alpha value is -2.44. The molecule has 0 aliphatic heterocycles. The van der Waals surface area contributed by atoms with Crippen LogP contribution in [0.5, 0.6) is 0 Å². The number of aromatic nitrogens is 4. The van der Waals surface area contributed by atoms with Gasteiger partial charge in [0.15, 0.2) is 5.82 Å². The molecule has 21 heavy (non-hydrogen) atoms. The lowest BCUT2D eigenvalue weighted by Crippen LogP contribution is -2.41. The number of carbonyl (C=O) groups is 1. The van der Waals surface area contributed by atoms with Gasteiger partial charge in [-0.25, -0.2) is 19.4 Å². The van der Waals surface area contributed by atoms with Gasteiger partial charge in [0, 0.05) is 24.3 Å². The molecule has 7 nitrogen and oxygen atoms in total. The van der Waals surface area contributed by atoms with E-state index in [1.807, 2.05) is 19.1 Å². The first kappa shape index (κ1) is 13.5. The van der Waals surface area contributed by atoms with Crippen LogP contribution in [0.3, 0.4) is 0 Å². The highest BCUT2D eigenvalue weighted by molar-refractivity contribution is 5.74. The lowest BCUT2D eigenvalue weighted by atomic mass is 10.2. The molecular formula is C14H18N6O. The summed E-state index contributed by atoms with van der Waals surface area (Å²) in [5.74, 6) is 1.31. The number of amides is 2. The lowest BCUT2D eigenvalue weighted by Gasteiger charge is -2.14. The summed E-state index contributed by atoms with van der Waals surface area (Å²) in [4.78, 5) is 20.1. The number of nitrogens with one attached hydrogen (secondary N) is 2. The maximum Gasteiger partial charge on any atom is 0.315 e. The minimum Gasteiger partial charge on any atom is -0.335 e. The fourth-order valence-corrected chi connectivity index (χ4v) is 2.24. The standard InChI is InChI=1S/C14H18N6O/c1-10(11-4-5-11)19-14(21)17-7-12-3-2-6-16-13(12)20-9-15-8-18-20/h2-3,6,8-11H,4-5,7H2,1H3,(H2,17,19,21). The topological polar surface area (TPSA) is 84.7 Å². The third kappa shape index (κ3) is 3.36. The van der Waals surface area contributed by atoms with Gasteiger partial charge in [0.2, 0.25) is 0 Å². The van der Waals surface area contributed by atoms with Crippen LogP contribution in [0.1, 0.15) is 25.3 Å². The van der Waals surface area contributed by atoms with E-state index in [1.165, 1.54) is 19.2 Å². The molecule has 0 spiro atoms. The first-order chi connectivity index (χ1) is 10.2. The van der Waals surface area contributed by atoms with Crippen LogP contribution in [0, 0.1) is 5.92 Å². The first-order valence-electron chi connectivity index (χ1n) is 7.07. The lowest BCUT2D eigenvalue weighted by molar-refractivity contribution is 0.236. The van der Waals surface area contributed by atoms with Gasteiger partial charge in [-0.2, -0.15) is 5.10 Å². The quantitative estimate of drug-likeness (QED) is 0.866. The summed E-state index contributed by atoms with van der Waals surface area (Å²) in [6.07, 6.45) is 7.15. The Labute approximate surface area is 122 Å². The molecule has 2 amide bonds. The molecule has 1 unspecified atom stereocenters. The van der Waals surface area contributed by atoms with Gasteiger partial charge in [-0.05, 0) is 31.7 Å². The van der Waals surface area contributed by atoms with Gasteiger partial charge >= 0.3 is 6.03 Å². The van der Waals surface area contributed by atoms with Crippen molar-refractivity contribution in [2.45, 2.75) is 32.4 Å². The van der Waals surface area contributed by atoms with Crippen LogP contribution in [-0.4, -0.2) is 31.8 Å². The summed E-state index contributed by atoms with van der Waals surface area (Å²) in [6.45, 7) is 2.44. The van der Waals surface area contributed by atoms with Crippen LogP contribution < -0.4 is 10.6 Å². The highest BCUT2D eigenvalue weighted by Gasteiger charge is 2.28. The van der Waals surface area contributed by atoms with Crippen molar-refractivity contribution in [3.05, 3.63) is 36.5 Å². The van der Waals surface area contributed by atoms with Crippen LogP contribution in [-0.2, 0) is 6.54 Å². The second-order valence-corrected chi connectivity index (χ2v) is 5.28. The van der Waals surface area contributed by atoms with Crippen molar-refractivity contribution < 1.29 is 4.79 Å². The number of urea groups is 1. The molecular weight excluding hydrogens is 268 g/mol. The SMILES string of the molecule is CC(NC(=O)NCc1cccnc1-n1cncn1)C1CC1. The monoisotopic (exact) mass is 286 g/mol. The van der Waals surface area contributed by atoms with E-state index in [0.29, 0.717) is 18.3 Å². The summed E-state index contributed by atoms with van der Waals surface area (Å²) in [5.41, 5.74) is 0.886. The first-order valence-corrected chi connectivity index (χ1v) is 7.07. The molecule has 0 aromatic carbocycles. The van der Waals surface area contributed by atoms with E-state index >= 15 is 0 Å². The molecule has 110 valence electrons. The van der Waals surface area contributed by atoms with Crippen LogP contribution in [0.4, 0.5) is 4.79 Å². The summed E-state index contributed by atoms with van der Waals surface area (Å²) in [6, 6.07) is 3.83. The fraction of sp³-hybridized carbons (Fsp3) is 0.429. The molecule has 1 fully saturated rings. The molecule has 2 aromatic rings. The molecule has 2 N–H and O–H groups in total. The number of carbonyl (C=O) groups excluding carboxylic acids is 1. The maximum atomic E-state index is 11.9. The summed E-state index contributed by atoms with van der Waals surface area (Å²) in [5, 5.41) is 9.89. The Morgan fingerprint density at radius 1 is 1.52 bits per heavy atom. The number of nitrogens with zero attached hydrogens (tertiary/aromatic N) is 4. The molecule has 1 aliphatic rings. The smallest absolute Gasteiger partial charge is 0.315 e. The van der Waals surface area contributed by atoms with E-state index in [0.717, 1.165) is 5.56 Å². The van der Waals surface area contributed by atoms with Gasteiger partial charge in [0.1, 0.15) is 12.7 Å². The van der Waals surface area contributed by atoms with Crippen molar-refractivity contribution in [1.82, 2.24) is 30.4 Å². The molecule has 1 saturated carbocycles. The maximum absolute atomic E-state index is 11.9. The van der Waals surface area contributed by atoms with E-state index in [9.17, 15) is 4.79 Å². The van der Waals surface area contributed by atoms with Crippen LogP contribution >= 0.6 is 0 Å². The second kappa shape index (κ2) is 5.90. The molecule has 7 heteroatoms. The van der Waals surface area contributed by atoms with Crippen molar-refractivity contribution >= 4 is 6.03 Å². The third-order valence-electron chi connectivity index (χ3n) is 3.63. The fourth-order valence-electron chi connectivity index (χ4n) is 2.24. The second-order valence-electron chi connectivity index (χ2n) is 5.28. The Bertz CT molecular complexity index is 608. The van der Waals surface area contributed by atoms with Crippen molar-refractivity contribution in [3.8, 4) is 5.82 Å². The van der Waals surface area contributed by atoms with E-state index in [-0.39, 0.29) is 12.1 Å². The van der Waals surface area contributed by atoms with Crippen molar-refractivity contribution in [3.63, 3.8) is 0 Å². The van der Waals surface area contributed by atoms with Gasteiger partial charge in [0.25, 0.3) is 0 Å². The molecule has 3 rings (SSSR count). The zero-order valence-corrected chi connectivity index (χ0v) is 11.9. The number of pyridine rings is 1. The van der Waals surface area contributed by atoms with Gasteiger partial charge in [-0.1, -0.05) is 6.07 Å². The minimum absolute atomic E-state index is 0.150. The summed E-state index contributed by atoms with van der Waals surface area (Å²) >= 11 is 0. The summed E-state index contributed by atoms with van der Waals surface area (Å²) < 4.78 is 1.59. The van der Waals surface area contributed by atoms with Crippen molar-refractivity contribution in [2.24, 2.45) is 5.92 Å². The Balaban J connectivity index is 1.61. The zero-order valence-electron chi connectivity index (χ0n) is 11.9.